The van der Waals surface area contributed by atoms with E-state index in [0.717, 1.165) is 55.0 Å². The van der Waals surface area contributed by atoms with Gasteiger partial charge in [0, 0.05) is 23.8 Å². The summed E-state index contributed by atoms with van der Waals surface area (Å²) in [6, 6.07) is 13.6. The molecule has 0 radical (unpaired) electrons. The highest BCUT2D eigenvalue weighted by molar-refractivity contribution is 5.86. The van der Waals surface area contributed by atoms with Crippen LogP contribution >= 0.6 is 0 Å². The van der Waals surface area contributed by atoms with Crippen LogP contribution in [-0.2, 0) is 11.2 Å². The molecule has 0 bridgehead atoms. The summed E-state index contributed by atoms with van der Waals surface area (Å²) in [6.07, 6.45) is 15.6. The summed E-state index contributed by atoms with van der Waals surface area (Å²) in [5.41, 5.74) is 3.25. The van der Waals surface area contributed by atoms with Crippen molar-refractivity contribution in [2.75, 3.05) is 6.61 Å². The molecule has 0 aliphatic rings. The molecule has 0 N–H and O–H groups in total. The number of hydrogen-bond donors (Lipinski definition) is 0. The number of nitrogens with zero attached hydrogens (tertiary/aromatic N) is 1. The molecule has 3 heteroatoms. The van der Waals surface area contributed by atoms with E-state index >= 15 is 0 Å². The highest BCUT2D eigenvalue weighted by atomic mass is 19.1. The molecule has 0 spiro atoms. The smallest absolute Gasteiger partial charge is 0.133 e. The molecule has 0 saturated heterocycles. The summed E-state index contributed by atoms with van der Waals surface area (Å²) in [7, 11) is 0. The van der Waals surface area contributed by atoms with Gasteiger partial charge in [0.05, 0.1) is 11.8 Å². The Hall–Kier alpha value is -2.78. The Morgan fingerprint density at radius 3 is 2.73 bits per heavy atom. The first-order chi connectivity index (χ1) is 16.1. The molecule has 2 aromatic carbocycles. The van der Waals surface area contributed by atoms with E-state index in [1.807, 2.05) is 36.5 Å². The van der Waals surface area contributed by atoms with Crippen molar-refractivity contribution in [3.8, 4) is 11.3 Å². The van der Waals surface area contributed by atoms with Gasteiger partial charge in [-0.2, -0.15) is 0 Å². The van der Waals surface area contributed by atoms with Crippen LogP contribution < -0.4 is 0 Å². The van der Waals surface area contributed by atoms with Crippen LogP contribution in [0.4, 0.5) is 4.39 Å². The average Bonchev–Trinajstić information content (AvgIpc) is 2.82. The fourth-order valence-corrected chi connectivity index (χ4v) is 3.94. The molecule has 0 fully saturated rings. The van der Waals surface area contributed by atoms with E-state index in [0.29, 0.717) is 17.4 Å². The van der Waals surface area contributed by atoms with Gasteiger partial charge >= 0.3 is 0 Å². The van der Waals surface area contributed by atoms with Crippen LogP contribution in [0, 0.1) is 5.82 Å². The van der Waals surface area contributed by atoms with Gasteiger partial charge in [-0.05, 0) is 79.8 Å². The lowest BCUT2D eigenvalue weighted by atomic mass is 10.0. The fraction of sp³-hybridized carbons (Fsp3) is 0.367. The predicted molar refractivity (Wildman–Crippen MR) is 139 cm³/mol. The quantitative estimate of drug-likeness (QED) is 0.194. The monoisotopic (exact) mass is 445 g/mol. The largest absolute Gasteiger partial charge is 0.379 e. The number of benzene rings is 2. The number of allylic oxidation sites excluding steroid dienone is 2. The second kappa shape index (κ2) is 13.1. The Balaban J connectivity index is 1.55. The molecule has 3 aromatic rings. The zero-order chi connectivity index (χ0) is 23.5. The fourth-order valence-electron chi connectivity index (χ4n) is 3.94. The molecular weight excluding hydrogens is 409 g/mol. The number of halogens is 1. The number of fused-ring (bicyclic) bond motifs is 1. The number of aromatic nitrogens is 1. The third-order valence-corrected chi connectivity index (χ3v) is 5.88. The second-order valence-electron chi connectivity index (χ2n) is 8.70. The Labute approximate surface area is 198 Å². The summed E-state index contributed by atoms with van der Waals surface area (Å²) < 4.78 is 20.7. The third-order valence-electron chi connectivity index (χ3n) is 5.88. The molecule has 1 unspecified atom stereocenters. The lowest BCUT2D eigenvalue weighted by Crippen LogP contribution is -2.08. The van der Waals surface area contributed by atoms with E-state index in [4.69, 9.17) is 4.74 Å². The van der Waals surface area contributed by atoms with Crippen molar-refractivity contribution in [2.24, 2.45) is 0 Å². The minimum Gasteiger partial charge on any atom is -0.379 e. The zero-order valence-corrected chi connectivity index (χ0v) is 20.0. The highest BCUT2D eigenvalue weighted by Gasteiger charge is 2.08. The van der Waals surface area contributed by atoms with Crippen molar-refractivity contribution in [3.05, 3.63) is 84.3 Å². The molecule has 1 atom stereocenters. The topological polar surface area (TPSA) is 22.1 Å². The first-order valence-corrected chi connectivity index (χ1v) is 12.2. The van der Waals surface area contributed by atoms with Crippen molar-refractivity contribution < 1.29 is 9.13 Å². The van der Waals surface area contributed by atoms with Crippen LogP contribution in [0.1, 0.15) is 63.5 Å². The van der Waals surface area contributed by atoms with E-state index in [2.05, 4.69) is 49.7 Å². The molecule has 0 amide bonds. The lowest BCUT2D eigenvalue weighted by Gasteiger charge is -2.12. The van der Waals surface area contributed by atoms with Crippen LogP contribution in [0.2, 0.25) is 0 Å². The van der Waals surface area contributed by atoms with Crippen LogP contribution in [0.5, 0.6) is 0 Å². The minimum absolute atomic E-state index is 0.249. The first kappa shape index (κ1) is 24.9. The van der Waals surface area contributed by atoms with Crippen LogP contribution in [-0.4, -0.2) is 17.7 Å². The second-order valence-corrected chi connectivity index (χ2v) is 8.70. The maximum Gasteiger partial charge on any atom is 0.133 e. The molecule has 33 heavy (non-hydrogen) atoms. The van der Waals surface area contributed by atoms with Crippen LogP contribution in [0.15, 0.2) is 67.4 Å². The average molecular weight is 446 g/mol. The normalized spacial score (nSPS) is 12.5. The van der Waals surface area contributed by atoms with Crippen molar-refractivity contribution in [2.45, 2.75) is 64.9 Å². The Morgan fingerprint density at radius 2 is 1.94 bits per heavy atom. The van der Waals surface area contributed by atoms with Crippen molar-refractivity contribution in [3.63, 3.8) is 0 Å². The van der Waals surface area contributed by atoms with Gasteiger partial charge in [0.25, 0.3) is 0 Å². The third kappa shape index (κ3) is 7.64. The Bertz CT molecular complexity index is 1070. The SMILES string of the molecule is C=CCc1ccc2cc(-c3ccc(C=CCCCC(C)OCCCCC)cc3F)ncc2c1. The molecule has 3 rings (SSSR count). The van der Waals surface area contributed by atoms with E-state index in [1.165, 1.54) is 18.4 Å². The molecule has 1 heterocycles. The van der Waals surface area contributed by atoms with Gasteiger partial charge < -0.3 is 4.74 Å². The number of hydrogen-bond acceptors (Lipinski definition) is 2. The minimum atomic E-state index is -0.249. The Morgan fingerprint density at radius 1 is 1.06 bits per heavy atom. The van der Waals surface area contributed by atoms with Gasteiger partial charge in [0.15, 0.2) is 0 Å². The number of ether oxygens (including phenoxy) is 1. The maximum atomic E-state index is 14.9. The predicted octanol–water partition coefficient (Wildman–Crippen LogP) is 8.55. The summed E-state index contributed by atoms with van der Waals surface area (Å²) in [5.74, 6) is -0.249. The summed E-state index contributed by atoms with van der Waals surface area (Å²) in [4.78, 5) is 4.51. The van der Waals surface area contributed by atoms with E-state index in [-0.39, 0.29) is 5.82 Å². The number of unbranched alkanes of at least 4 members (excludes halogenated alkanes) is 3. The van der Waals surface area contributed by atoms with E-state index < -0.39 is 0 Å². The molecule has 2 nitrogen and oxygen atoms in total. The molecule has 0 aliphatic heterocycles. The number of rotatable bonds is 13. The van der Waals surface area contributed by atoms with E-state index in [9.17, 15) is 4.39 Å². The van der Waals surface area contributed by atoms with Crippen molar-refractivity contribution >= 4 is 16.8 Å². The zero-order valence-electron chi connectivity index (χ0n) is 20.0. The molecule has 1 aromatic heterocycles. The first-order valence-electron chi connectivity index (χ1n) is 12.2. The maximum absolute atomic E-state index is 14.9. The summed E-state index contributed by atoms with van der Waals surface area (Å²) in [6.45, 7) is 9.00. The number of pyridine rings is 1. The molecule has 174 valence electrons. The summed E-state index contributed by atoms with van der Waals surface area (Å²) >= 11 is 0. The Kier molecular flexibility index (Phi) is 9.83. The van der Waals surface area contributed by atoms with Crippen LogP contribution in [0.3, 0.4) is 0 Å². The van der Waals surface area contributed by atoms with Crippen molar-refractivity contribution in [1.29, 1.82) is 0 Å². The van der Waals surface area contributed by atoms with Gasteiger partial charge in [0.1, 0.15) is 5.82 Å². The van der Waals surface area contributed by atoms with Gasteiger partial charge in [-0.1, -0.05) is 56.2 Å². The van der Waals surface area contributed by atoms with Crippen LogP contribution in [0.25, 0.3) is 28.1 Å². The van der Waals surface area contributed by atoms with E-state index in [1.54, 1.807) is 6.07 Å². The van der Waals surface area contributed by atoms with Gasteiger partial charge in [-0.25, -0.2) is 4.39 Å². The molecule has 0 saturated carbocycles. The van der Waals surface area contributed by atoms with Gasteiger partial charge in [-0.15, -0.1) is 6.58 Å². The molecular formula is C30H36FNO. The standard InChI is InChI=1S/C30H36FNO/c1-4-6-10-18-33-23(3)12-8-7-9-13-25-15-17-28(29(31)20-25)30-21-26-16-14-24(11-5-2)19-27(26)22-32-30/h5,9,13-17,19-23H,2,4,6-8,10-12,18H2,1,3H3. The van der Waals surface area contributed by atoms with Crippen molar-refractivity contribution in [1.82, 2.24) is 4.98 Å². The molecule has 0 aliphatic carbocycles. The van der Waals surface area contributed by atoms with Gasteiger partial charge in [0.2, 0.25) is 0 Å². The van der Waals surface area contributed by atoms with Gasteiger partial charge in [-0.3, -0.25) is 4.98 Å². The summed E-state index contributed by atoms with van der Waals surface area (Å²) in [5, 5.41) is 2.11. The highest BCUT2D eigenvalue weighted by Crippen LogP contribution is 2.26. The lowest BCUT2D eigenvalue weighted by molar-refractivity contribution is 0.0566.